The maximum Gasteiger partial charge on any atom is 0.319 e. The van der Waals surface area contributed by atoms with E-state index >= 15 is 0 Å². The van der Waals surface area contributed by atoms with Crippen molar-refractivity contribution in [2.75, 3.05) is 5.32 Å². The first-order valence-electron chi connectivity index (χ1n) is 8.50. The van der Waals surface area contributed by atoms with Crippen LogP contribution in [0.5, 0.6) is 0 Å². The molecule has 3 aromatic rings. The molecule has 0 saturated carbocycles. The highest BCUT2D eigenvalue weighted by Gasteiger charge is 2.13. The third-order valence-corrected chi connectivity index (χ3v) is 4.87. The standard InChI is InChI=1S/C20H18F2N4OS/c1-12-10-15(28-20-23-8-3-9-24-20)5-7-18(12)26-19(27)25-13(2)14-4-6-16(21)17(22)11-14/h3-11,13H,1-2H3,(H2,25,26,27). The van der Waals surface area contributed by atoms with E-state index in [1.807, 2.05) is 19.1 Å². The zero-order chi connectivity index (χ0) is 20.1. The Labute approximate surface area is 165 Å². The van der Waals surface area contributed by atoms with Crippen molar-refractivity contribution in [3.05, 3.63) is 77.6 Å². The van der Waals surface area contributed by atoms with Crippen LogP contribution in [0.1, 0.15) is 24.1 Å². The number of aromatic nitrogens is 2. The monoisotopic (exact) mass is 400 g/mol. The number of carbonyl (C=O) groups is 1. The molecule has 0 spiro atoms. The summed E-state index contributed by atoms with van der Waals surface area (Å²) in [5.74, 6) is -1.87. The van der Waals surface area contributed by atoms with E-state index in [-0.39, 0.29) is 0 Å². The maximum atomic E-state index is 13.4. The summed E-state index contributed by atoms with van der Waals surface area (Å²) in [6.45, 7) is 3.57. The molecule has 0 fully saturated rings. The predicted molar refractivity (Wildman–Crippen MR) is 104 cm³/mol. The molecule has 2 aromatic carbocycles. The summed E-state index contributed by atoms with van der Waals surface area (Å²) in [6, 6.07) is 9.96. The van der Waals surface area contributed by atoms with E-state index in [9.17, 15) is 13.6 Å². The van der Waals surface area contributed by atoms with Gasteiger partial charge in [-0.2, -0.15) is 0 Å². The van der Waals surface area contributed by atoms with Crippen molar-refractivity contribution < 1.29 is 13.6 Å². The van der Waals surface area contributed by atoms with Gasteiger partial charge in [0.1, 0.15) is 0 Å². The van der Waals surface area contributed by atoms with Gasteiger partial charge in [-0.25, -0.2) is 23.5 Å². The average molecular weight is 400 g/mol. The van der Waals surface area contributed by atoms with Crippen LogP contribution in [-0.4, -0.2) is 16.0 Å². The lowest BCUT2D eigenvalue weighted by atomic mass is 10.1. The molecule has 1 unspecified atom stereocenters. The van der Waals surface area contributed by atoms with Crippen molar-refractivity contribution >= 4 is 23.5 Å². The van der Waals surface area contributed by atoms with Gasteiger partial charge in [0.25, 0.3) is 0 Å². The Morgan fingerprint density at radius 1 is 1.07 bits per heavy atom. The van der Waals surface area contributed by atoms with Crippen molar-refractivity contribution in [2.24, 2.45) is 0 Å². The molecule has 0 aliphatic heterocycles. The van der Waals surface area contributed by atoms with Crippen LogP contribution in [0.2, 0.25) is 0 Å². The number of rotatable bonds is 5. The van der Waals surface area contributed by atoms with E-state index in [4.69, 9.17) is 0 Å². The van der Waals surface area contributed by atoms with Crippen LogP contribution in [0, 0.1) is 18.6 Å². The number of hydrogen-bond donors (Lipinski definition) is 2. The molecule has 2 amide bonds. The van der Waals surface area contributed by atoms with Gasteiger partial charge in [-0.1, -0.05) is 6.07 Å². The van der Waals surface area contributed by atoms with Crippen LogP contribution in [0.4, 0.5) is 19.3 Å². The average Bonchev–Trinajstić information content (AvgIpc) is 2.67. The second-order valence-corrected chi connectivity index (χ2v) is 7.14. The SMILES string of the molecule is Cc1cc(Sc2ncccn2)ccc1NC(=O)NC(C)c1ccc(F)c(F)c1. The van der Waals surface area contributed by atoms with Gasteiger partial charge in [-0.15, -0.1) is 0 Å². The second kappa shape index (κ2) is 8.79. The molecule has 5 nitrogen and oxygen atoms in total. The lowest BCUT2D eigenvalue weighted by Gasteiger charge is -2.16. The molecule has 1 aromatic heterocycles. The number of nitrogens with zero attached hydrogens (tertiary/aromatic N) is 2. The highest BCUT2D eigenvalue weighted by molar-refractivity contribution is 7.99. The van der Waals surface area contributed by atoms with E-state index in [0.29, 0.717) is 16.4 Å². The summed E-state index contributed by atoms with van der Waals surface area (Å²) >= 11 is 1.42. The normalized spacial score (nSPS) is 11.7. The molecular weight excluding hydrogens is 382 g/mol. The van der Waals surface area contributed by atoms with Gasteiger partial charge in [0.15, 0.2) is 16.8 Å². The van der Waals surface area contributed by atoms with E-state index < -0.39 is 23.7 Å². The van der Waals surface area contributed by atoms with Crippen LogP contribution in [0.25, 0.3) is 0 Å². The summed E-state index contributed by atoms with van der Waals surface area (Å²) < 4.78 is 26.4. The number of carbonyl (C=O) groups excluding carboxylic acids is 1. The summed E-state index contributed by atoms with van der Waals surface area (Å²) in [7, 11) is 0. The smallest absolute Gasteiger partial charge is 0.319 e. The van der Waals surface area contributed by atoms with Gasteiger partial charge in [0.05, 0.1) is 6.04 Å². The van der Waals surface area contributed by atoms with Crippen molar-refractivity contribution in [1.29, 1.82) is 0 Å². The largest absolute Gasteiger partial charge is 0.331 e. The Morgan fingerprint density at radius 2 is 1.82 bits per heavy atom. The van der Waals surface area contributed by atoms with Gasteiger partial charge in [0, 0.05) is 23.0 Å². The fourth-order valence-electron chi connectivity index (χ4n) is 2.50. The number of nitrogens with one attached hydrogen (secondary N) is 2. The van der Waals surface area contributed by atoms with E-state index in [0.717, 1.165) is 22.6 Å². The second-order valence-electron chi connectivity index (χ2n) is 6.10. The summed E-state index contributed by atoms with van der Waals surface area (Å²) in [4.78, 5) is 21.5. The van der Waals surface area contributed by atoms with Gasteiger partial charge < -0.3 is 10.6 Å². The molecule has 28 heavy (non-hydrogen) atoms. The molecule has 0 radical (unpaired) electrons. The lowest BCUT2D eigenvalue weighted by Crippen LogP contribution is -2.31. The van der Waals surface area contributed by atoms with E-state index in [1.54, 1.807) is 31.5 Å². The minimum absolute atomic E-state index is 0.438. The first kappa shape index (κ1) is 19.8. The van der Waals surface area contributed by atoms with Crippen LogP contribution < -0.4 is 10.6 Å². The van der Waals surface area contributed by atoms with Crippen LogP contribution >= 0.6 is 11.8 Å². The van der Waals surface area contributed by atoms with E-state index in [1.165, 1.54) is 17.8 Å². The van der Waals surface area contributed by atoms with Gasteiger partial charge in [0.2, 0.25) is 0 Å². The molecular formula is C20H18F2N4OS. The fourth-order valence-corrected chi connectivity index (χ4v) is 3.31. The first-order chi connectivity index (χ1) is 13.4. The van der Waals surface area contributed by atoms with Gasteiger partial charge in [-0.3, -0.25) is 0 Å². The van der Waals surface area contributed by atoms with E-state index in [2.05, 4.69) is 20.6 Å². The Morgan fingerprint density at radius 3 is 2.50 bits per heavy atom. The number of urea groups is 1. The number of aryl methyl sites for hydroxylation is 1. The molecule has 0 saturated heterocycles. The number of benzene rings is 2. The van der Waals surface area contributed by atoms with Crippen LogP contribution in [-0.2, 0) is 0 Å². The maximum absolute atomic E-state index is 13.4. The molecule has 0 aliphatic carbocycles. The van der Waals surface area contributed by atoms with Gasteiger partial charge >= 0.3 is 6.03 Å². The first-order valence-corrected chi connectivity index (χ1v) is 9.32. The molecule has 3 rings (SSSR count). The molecule has 144 valence electrons. The molecule has 8 heteroatoms. The molecule has 1 heterocycles. The number of anilines is 1. The summed E-state index contributed by atoms with van der Waals surface area (Å²) in [5.41, 5.74) is 1.99. The van der Waals surface area contributed by atoms with Crippen molar-refractivity contribution in [1.82, 2.24) is 15.3 Å². The van der Waals surface area contributed by atoms with Crippen molar-refractivity contribution in [3.63, 3.8) is 0 Å². The Kier molecular flexibility index (Phi) is 6.20. The van der Waals surface area contributed by atoms with Crippen LogP contribution in [0.15, 0.2) is 64.9 Å². The molecule has 1 atom stereocenters. The lowest BCUT2D eigenvalue weighted by molar-refractivity contribution is 0.249. The quantitative estimate of drug-likeness (QED) is 0.585. The Balaban J connectivity index is 1.62. The minimum atomic E-state index is -0.946. The Hall–Kier alpha value is -3.00. The third-order valence-electron chi connectivity index (χ3n) is 3.99. The molecule has 0 bridgehead atoms. The highest BCUT2D eigenvalue weighted by Crippen LogP contribution is 2.28. The van der Waals surface area contributed by atoms with Gasteiger partial charge in [-0.05, 0) is 73.1 Å². The zero-order valence-corrected chi connectivity index (χ0v) is 16.1. The fraction of sp³-hybridized carbons (Fsp3) is 0.150. The number of halogens is 2. The summed E-state index contributed by atoms with van der Waals surface area (Å²) in [5, 5.41) is 6.12. The molecule has 0 aliphatic rings. The minimum Gasteiger partial charge on any atom is -0.331 e. The third kappa shape index (κ3) is 5.04. The Bertz CT molecular complexity index is 985. The van der Waals surface area contributed by atoms with Crippen LogP contribution in [0.3, 0.4) is 0 Å². The number of amides is 2. The topological polar surface area (TPSA) is 66.9 Å². The van der Waals surface area contributed by atoms with Crippen molar-refractivity contribution in [3.8, 4) is 0 Å². The predicted octanol–water partition coefficient (Wildman–Crippen LogP) is 5.10. The highest BCUT2D eigenvalue weighted by atomic mass is 32.2. The summed E-state index contributed by atoms with van der Waals surface area (Å²) in [6.07, 6.45) is 3.35. The molecule has 2 N–H and O–H groups in total. The number of hydrogen-bond acceptors (Lipinski definition) is 4. The zero-order valence-electron chi connectivity index (χ0n) is 15.2. The van der Waals surface area contributed by atoms with Crippen molar-refractivity contribution in [2.45, 2.75) is 29.9 Å².